The number of aliphatic imine (C=N–C) groups is 1. The molecule has 6 heteroatoms. The second kappa shape index (κ2) is 10.9. The zero-order valence-electron chi connectivity index (χ0n) is 17.2. The molecule has 1 saturated heterocycles. The number of hydrogen-bond donors (Lipinski definition) is 3. The molecular weight excluding hydrogens is 338 g/mol. The van der Waals surface area contributed by atoms with E-state index < -0.39 is 0 Å². The number of rotatable bonds is 7. The minimum absolute atomic E-state index is 0.0321. The SMILES string of the molecule is CCNC(=O)c1ccc(CN=C(NCC)NC2CCN(C(C)C)CC2)cc1. The molecule has 1 aromatic rings. The summed E-state index contributed by atoms with van der Waals surface area (Å²) in [5.41, 5.74) is 1.78. The molecule has 2 rings (SSSR count). The van der Waals surface area contributed by atoms with Gasteiger partial charge in [0.15, 0.2) is 5.96 Å². The van der Waals surface area contributed by atoms with E-state index in [0.717, 1.165) is 44.0 Å². The summed E-state index contributed by atoms with van der Waals surface area (Å²) in [5.74, 6) is 0.837. The molecule has 1 amide bonds. The van der Waals surface area contributed by atoms with Gasteiger partial charge in [-0.1, -0.05) is 12.1 Å². The van der Waals surface area contributed by atoms with Crippen LogP contribution in [0.5, 0.6) is 0 Å². The minimum atomic E-state index is -0.0321. The quantitative estimate of drug-likeness (QED) is 0.507. The third kappa shape index (κ3) is 6.86. The first-order valence-electron chi connectivity index (χ1n) is 10.2. The summed E-state index contributed by atoms with van der Waals surface area (Å²) in [6, 6.07) is 8.75. The number of benzene rings is 1. The Morgan fingerprint density at radius 1 is 1.11 bits per heavy atom. The predicted molar refractivity (Wildman–Crippen MR) is 112 cm³/mol. The topological polar surface area (TPSA) is 68.8 Å². The number of hydrogen-bond acceptors (Lipinski definition) is 3. The summed E-state index contributed by atoms with van der Waals surface area (Å²) in [5, 5.41) is 9.74. The van der Waals surface area contributed by atoms with Crippen molar-refractivity contribution >= 4 is 11.9 Å². The number of amides is 1. The number of nitrogens with one attached hydrogen (secondary N) is 3. The number of nitrogens with zero attached hydrogens (tertiary/aromatic N) is 2. The zero-order chi connectivity index (χ0) is 19.6. The standard InChI is InChI=1S/C21H35N5O/c1-5-22-20(27)18-9-7-17(8-10-18)15-24-21(23-6-2)25-19-11-13-26(14-12-19)16(3)4/h7-10,16,19H,5-6,11-15H2,1-4H3,(H,22,27)(H2,23,24,25). The van der Waals surface area contributed by atoms with Gasteiger partial charge in [-0.2, -0.15) is 0 Å². The van der Waals surface area contributed by atoms with Gasteiger partial charge < -0.3 is 20.9 Å². The Hall–Kier alpha value is -2.08. The fourth-order valence-electron chi connectivity index (χ4n) is 3.27. The van der Waals surface area contributed by atoms with Crippen LogP contribution in [0.2, 0.25) is 0 Å². The monoisotopic (exact) mass is 373 g/mol. The smallest absolute Gasteiger partial charge is 0.251 e. The molecule has 0 bridgehead atoms. The first kappa shape index (κ1) is 21.2. The first-order chi connectivity index (χ1) is 13.0. The summed E-state index contributed by atoms with van der Waals surface area (Å²) in [7, 11) is 0. The summed E-state index contributed by atoms with van der Waals surface area (Å²) in [4.78, 5) is 19.1. The van der Waals surface area contributed by atoms with Crippen molar-refractivity contribution in [2.24, 2.45) is 4.99 Å². The Labute approximate surface area is 163 Å². The van der Waals surface area contributed by atoms with Crippen LogP contribution in [0.1, 0.15) is 56.5 Å². The summed E-state index contributed by atoms with van der Waals surface area (Å²) < 4.78 is 0. The third-order valence-corrected chi connectivity index (χ3v) is 4.92. The molecule has 150 valence electrons. The third-order valence-electron chi connectivity index (χ3n) is 4.92. The molecule has 6 nitrogen and oxygen atoms in total. The molecule has 0 aromatic heterocycles. The lowest BCUT2D eigenvalue weighted by Crippen LogP contribution is -2.49. The lowest BCUT2D eigenvalue weighted by atomic mass is 10.0. The van der Waals surface area contributed by atoms with Crippen molar-refractivity contribution in [1.82, 2.24) is 20.9 Å². The molecular formula is C21H35N5O. The van der Waals surface area contributed by atoms with Crippen LogP contribution in [0.15, 0.2) is 29.3 Å². The van der Waals surface area contributed by atoms with E-state index in [1.165, 1.54) is 0 Å². The summed E-state index contributed by atoms with van der Waals surface area (Å²) >= 11 is 0. The molecule has 0 spiro atoms. The Kier molecular flexibility index (Phi) is 8.58. The maximum Gasteiger partial charge on any atom is 0.251 e. The maximum atomic E-state index is 11.8. The number of carbonyl (C=O) groups is 1. The predicted octanol–water partition coefficient (Wildman–Crippen LogP) is 2.36. The molecule has 3 N–H and O–H groups in total. The van der Waals surface area contributed by atoms with Gasteiger partial charge >= 0.3 is 0 Å². The van der Waals surface area contributed by atoms with Crippen LogP contribution < -0.4 is 16.0 Å². The number of carbonyl (C=O) groups excluding carboxylic acids is 1. The van der Waals surface area contributed by atoms with Gasteiger partial charge in [0, 0.05) is 43.8 Å². The molecule has 0 atom stereocenters. The van der Waals surface area contributed by atoms with Crippen molar-refractivity contribution < 1.29 is 4.79 Å². The van der Waals surface area contributed by atoms with Gasteiger partial charge in [0.1, 0.15) is 0 Å². The van der Waals surface area contributed by atoms with Gasteiger partial charge in [-0.25, -0.2) is 4.99 Å². The number of likely N-dealkylation sites (tertiary alicyclic amines) is 1. The van der Waals surface area contributed by atoms with E-state index in [-0.39, 0.29) is 5.91 Å². The molecule has 0 radical (unpaired) electrons. The van der Waals surface area contributed by atoms with Crippen LogP contribution in [-0.2, 0) is 6.54 Å². The molecule has 27 heavy (non-hydrogen) atoms. The highest BCUT2D eigenvalue weighted by atomic mass is 16.1. The summed E-state index contributed by atoms with van der Waals surface area (Å²) in [6.45, 7) is 12.9. The molecule has 1 heterocycles. The van der Waals surface area contributed by atoms with Crippen molar-refractivity contribution in [2.75, 3.05) is 26.2 Å². The lowest BCUT2D eigenvalue weighted by molar-refractivity contribution is 0.0956. The highest BCUT2D eigenvalue weighted by Crippen LogP contribution is 2.13. The van der Waals surface area contributed by atoms with E-state index in [9.17, 15) is 4.79 Å². The Morgan fingerprint density at radius 3 is 2.30 bits per heavy atom. The van der Waals surface area contributed by atoms with Crippen molar-refractivity contribution in [2.45, 2.75) is 59.2 Å². The Balaban J connectivity index is 1.90. The van der Waals surface area contributed by atoms with Gasteiger partial charge in [0.2, 0.25) is 0 Å². The second-order valence-corrected chi connectivity index (χ2v) is 7.30. The van der Waals surface area contributed by atoms with Crippen molar-refractivity contribution in [1.29, 1.82) is 0 Å². The number of guanidine groups is 1. The van der Waals surface area contributed by atoms with E-state index in [4.69, 9.17) is 4.99 Å². The van der Waals surface area contributed by atoms with E-state index in [0.29, 0.717) is 30.7 Å². The minimum Gasteiger partial charge on any atom is -0.357 e. The Morgan fingerprint density at radius 2 is 1.74 bits per heavy atom. The average molecular weight is 374 g/mol. The van der Waals surface area contributed by atoms with Crippen molar-refractivity contribution in [3.63, 3.8) is 0 Å². The average Bonchev–Trinajstić information content (AvgIpc) is 2.67. The fourth-order valence-corrected chi connectivity index (χ4v) is 3.27. The highest BCUT2D eigenvalue weighted by molar-refractivity contribution is 5.94. The van der Waals surface area contributed by atoms with Gasteiger partial charge in [0.25, 0.3) is 5.91 Å². The molecule has 0 saturated carbocycles. The number of piperidine rings is 1. The van der Waals surface area contributed by atoms with Crippen LogP contribution in [0.25, 0.3) is 0 Å². The zero-order valence-corrected chi connectivity index (χ0v) is 17.2. The van der Waals surface area contributed by atoms with E-state index in [2.05, 4.69) is 41.6 Å². The molecule has 0 unspecified atom stereocenters. The van der Waals surface area contributed by atoms with Crippen molar-refractivity contribution in [3.05, 3.63) is 35.4 Å². The van der Waals surface area contributed by atoms with Gasteiger partial charge in [-0.05, 0) is 58.2 Å². The van der Waals surface area contributed by atoms with Crippen LogP contribution in [-0.4, -0.2) is 55.0 Å². The van der Waals surface area contributed by atoms with Gasteiger partial charge in [0.05, 0.1) is 6.54 Å². The van der Waals surface area contributed by atoms with Crippen LogP contribution in [0, 0.1) is 0 Å². The normalized spacial score (nSPS) is 16.4. The molecule has 0 aliphatic carbocycles. The fraction of sp³-hybridized carbons (Fsp3) is 0.619. The van der Waals surface area contributed by atoms with E-state index >= 15 is 0 Å². The molecule has 1 fully saturated rings. The van der Waals surface area contributed by atoms with E-state index in [1.54, 1.807) is 0 Å². The lowest BCUT2D eigenvalue weighted by Gasteiger charge is -2.35. The van der Waals surface area contributed by atoms with Crippen LogP contribution in [0.3, 0.4) is 0 Å². The second-order valence-electron chi connectivity index (χ2n) is 7.30. The van der Waals surface area contributed by atoms with Gasteiger partial charge in [-0.3, -0.25) is 4.79 Å². The van der Waals surface area contributed by atoms with Crippen molar-refractivity contribution in [3.8, 4) is 0 Å². The largest absolute Gasteiger partial charge is 0.357 e. The van der Waals surface area contributed by atoms with Crippen LogP contribution >= 0.6 is 0 Å². The molecule has 1 aromatic carbocycles. The summed E-state index contributed by atoms with van der Waals surface area (Å²) in [6.07, 6.45) is 2.29. The maximum absolute atomic E-state index is 11.8. The highest BCUT2D eigenvalue weighted by Gasteiger charge is 2.21. The van der Waals surface area contributed by atoms with Crippen LogP contribution in [0.4, 0.5) is 0 Å². The molecule has 1 aliphatic rings. The molecule has 1 aliphatic heterocycles. The van der Waals surface area contributed by atoms with E-state index in [1.807, 2.05) is 31.2 Å². The van der Waals surface area contributed by atoms with Gasteiger partial charge in [-0.15, -0.1) is 0 Å². The Bertz CT molecular complexity index is 604. The first-order valence-corrected chi connectivity index (χ1v) is 10.2.